The molecule has 1 aromatic heterocycles. The third kappa shape index (κ3) is 7.89. The Kier molecular flexibility index (Phi) is 9.49. The zero-order chi connectivity index (χ0) is 29.9. The summed E-state index contributed by atoms with van der Waals surface area (Å²) < 4.78 is 90.0. The van der Waals surface area contributed by atoms with Crippen molar-refractivity contribution in [3.8, 4) is 5.75 Å². The number of aromatic nitrogens is 1. The summed E-state index contributed by atoms with van der Waals surface area (Å²) in [7, 11) is 0. The molecule has 0 spiro atoms. The topological polar surface area (TPSA) is 81.0 Å². The van der Waals surface area contributed by atoms with Crippen LogP contribution in [-0.4, -0.2) is 64.8 Å². The highest BCUT2D eigenvalue weighted by atomic mass is 35.5. The van der Waals surface area contributed by atoms with Crippen LogP contribution >= 0.6 is 23.8 Å². The molecule has 1 saturated carbocycles. The summed E-state index contributed by atoms with van der Waals surface area (Å²) >= 11 is 11.6. The standard InChI is InChI=1S/C25H25ClF6N4O4S/c26-20-11-15(24(27,28)29)13-33-23(20)35-9-7-34(8-10-35)22(41)14-39-16-1-3-17(4-2-16)40-18-5-6-21(36(37)38)19(12-18)25(30,31)32/h5-6,11-13,16-17H,1-4,7-10,14H2. The number of halogens is 7. The molecule has 2 heterocycles. The first-order chi connectivity index (χ1) is 19.2. The van der Waals surface area contributed by atoms with Crippen LogP contribution in [0.25, 0.3) is 0 Å². The summed E-state index contributed by atoms with van der Waals surface area (Å²) in [6, 6.07) is 3.47. The maximum atomic E-state index is 13.2. The summed E-state index contributed by atoms with van der Waals surface area (Å²) in [6.45, 7) is 2.13. The third-order valence-electron chi connectivity index (χ3n) is 6.92. The van der Waals surface area contributed by atoms with E-state index in [0.717, 1.165) is 24.4 Å². The maximum Gasteiger partial charge on any atom is 0.423 e. The number of hydrogen-bond acceptors (Lipinski definition) is 7. The van der Waals surface area contributed by atoms with Gasteiger partial charge in [-0.25, -0.2) is 4.98 Å². The van der Waals surface area contributed by atoms with Gasteiger partial charge in [0, 0.05) is 38.4 Å². The van der Waals surface area contributed by atoms with Gasteiger partial charge in [0.25, 0.3) is 5.69 Å². The van der Waals surface area contributed by atoms with Crippen molar-refractivity contribution in [3.05, 3.63) is 56.7 Å². The van der Waals surface area contributed by atoms with Gasteiger partial charge in [-0.2, -0.15) is 26.3 Å². The van der Waals surface area contributed by atoms with Crippen molar-refractivity contribution in [2.75, 3.05) is 37.7 Å². The number of ether oxygens (including phenoxy) is 2. The van der Waals surface area contributed by atoms with Crippen molar-refractivity contribution in [1.82, 2.24) is 9.88 Å². The number of alkyl halides is 6. The molecule has 1 aliphatic carbocycles. The maximum absolute atomic E-state index is 13.2. The number of anilines is 1. The smallest absolute Gasteiger partial charge is 0.423 e. The first-order valence-corrected chi connectivity index (χ1v) is 13.4. The minimum Gasteiger partial charge on any atom is -0.490 e. The van der Waals surface area contributed by atoms with E-state index >= 15 is 0 Å². The van der Waals surface area contributed by atoms with Crippen LogP contribution in [0.15, 0.2) is 30.5 Å². The average Bonchev–Trinajstić information content (AvgIpc) is 2.91. The number of nitro benzene ring substituents is 1. The Bertz CT molecular complexity index is 1270. The summed E-state index contributed by atoms with van der Waals surface area (Å²) in [5, 5.41) is 10.9. The fourth-order valence-corrected chi connectivity index (χ4v) is 5.29. The van der Waals surface area contributed by atoms with Gasteiger partial charge in [-0.15, -0.1) is 0 Å². The van der Waals surface area contributed by atoms with E-state index < -0.39 is 34.1 Å². The normalized spacial score (nSPS) is 20.2. The van der Waals surface area contributed by atoms with Crippen molar-refractivity contribution in [2.24, 2.45) is 0 Å². The van der Waals surface area contributed by atoms with Crippen LogP contribution in [0.1, 0.15) is 36.8 Å². The second-order valence-corrected chi connectivity index (χ2v) is 10.5. The van der Waals surface area contributed by atoms with E-state index in [1.807, 2.05) is 4.90 Å². The Morgan fingerprint density at radius 2 is 1.66 bits per heavy atom. The number of piperazine rings is 1. The van der Waals surface area contributed by atoms with E-state index in [9.17, 15) is 36.5 Å². The molecule has 4 rings (SSSR count). The minimum absolute atomic E-state index is 0.0758. The monoisotopic (exact) mass is 626 g/mol. The van der Waals surface area contributed by atoms with Crippen LogP contribution in [0.2, 0.25) is 5.02 Å². The molecule has 0 atom stereocenters. The molecule has 2 fully saturated rings. The third-order valence-corrected chi connectivity index (χ3v) is 7.57. The number of nitro groups is 1. The summed E-state index contributed by atoms with van der Waals surface area (Å²) in [4.78, 5) is 18.1. The van der Waals surface area contributed by atoms with Gasteiger partial charge < -0.3 is 19.3 Å². The molecule has 16 heteroatoms. The van der Waals surface area contributed by atoms with Crippen LogP contribution in [0.5, 0.6) is 5.75 Å². The van der Waals surface area contributed by atoms with Gasteiger partial charge in [-0.05, 0) is 43.9 Å². The van der Waals surface area contributed by atoms with E-state index in [2.05, 4.69) is 4.98 Å². The number of pyridine rings is 1. The Morgan fingerprint density at radius 3 is 2.22 bits per heavy atom. The predicted octanol–water partition coefficient (Wildman–Crippen LogP) is 6.54. The van der Waals surface area contributed by atoms with E-state index in [1.54, 1.807) is 4.90 Å². The molecule has 1 aromatic carbocycles. The van der Waals surface area contributed by atoms with Gasteiger partial charge in [-0.1, -0.05) is 23.8 Å². The summed E-state index contributed by atoms with van der Waals surface area (Å²) in [5.74, 6) is 0.198. The van der Waals surface area contributed by atoms with E-state index in [0.29, 0.717) is 62.9 Å². The Hall–Kier alpha value is -2.91. The minimum atomic E-state index is -4.88. The number of nitrogens with zero attached hydrogens (tertiary/aromatic N) is 4. The first-order valence-electron chi connectivity index (χ1n) is 12.6. The Morgan fingerprint density at radius 1 is 1.02 bits per heavy atom. The molecule has 2 aliphatic rings. The Labute approximate surface area is 241 Å². The van der Waals surface area contributed by atoms with E-state index in [1.165, 1.54) is 0 Å². The van der Waals surface area contributed by atoms with Crippen LogP contribution in [-0.2, 0) is 17.1 Å². The second-order valence-electron chi connectivity index (χ2n) is 9.66. The van der Waals surface area contributed by atoms with Crippen molar-refractivity contribution >= 4 is 40.3 Å². The number of hydrogen-bond donors (Lipinski definition) is 0. The molecule has 1 saturated heterocycles. The average molecular weight is 627 g/mol. The van der Waals surface area contributed by atoms with Crippen molar-refractivity contribution in [2.45, 2.75) is 50.2 Å². The molecular formula is C25H25ClF6N4O4S. The molecule has 0 unspecified atom stereocenters. The fourth-order valence-electron chi connectivity index (χ4n) is 4.75. The van der Waals surface area contributed by atoms with Gasteiger partial charge in [0.05, 0.1) is 34.3 Å². The zero-order valence-corrected chi connectivity index (χ0v) is 23.0. The molecule has 1 aliphatic heterocycles. The SMILES string of the molecule is O=[N+]([O-])c1ccc(OC2CCC(OCC(=S)N3CCN(c4ncc(C(F)(F)F)cc4Cl)CC3)CC2)cc1C(F)(F)F. The summed E-state index contributed by atoms with van der Waals surface area (Å²) in [5.41, 5.74) is -3.30. The van der Waals surface area contributed by atoms with Crippen molar-refractivity contribution in [3.63, 3.8) is 0 Å². The lowest BCUT2D eigenvalue weighted by molar-refractivity contribution is -0.388. The lowest BCUT2D eigenvalue weighted by Gasteiger charge is -2.37. The molecular weight excluding hydrogens is 602 g/mol. The predicted molar refractivity (Wildman–Crippen MR) is 141 cm³/mol. The molecule has 0 N–H and O–H groups in total. The fraction of sp³-hybridized carbons (Fsp3) is 0.520. The van der Waals surface area contributed by atoms with Crippen LogP contribution in [0, 0.1) is 10.1 Å². The molecule has 2 aromatic rings. The molecule has 41 heavy (non-hydrogen) atoms. The largest absolute Gasteiger partial charge is 0.490 e. The molecule has 8 nitrogen and oxygen atoms in total. The lowest BCUT2D eigenvalue weighted by Crippen LogP contribution is -2.49. The van der Waals surface area contributed by atoms with Gasteiger partial charge in [0.2, 0.25) is 0 Å². The zero-order valence-electron chi connectivity index (χ0n) is 21.4. The highest BCUT2D eigenvalue weighted by molar-refractivity contribution is 7.80. The van der Waals surface area contributed by atoms with E-state index in [-0.39, 0.29) is 35.4 Å². The van der Waals surface area contributed by atoms with Crippen molar-refractivity contribution < 1.29 is 40.7 Å². The number of benzene rings is 1. The van der Waals surface area contributed by atoms with E-state index in [4.69, 9.17) is 33.3 Å². The van der Waals surface area contributed by atoms with Crippen LogP contribution in [0.4, 0.5) is 37.8 Å². The van der Waals surface area contributed by atoms with Gasteiger partial charge >= 0.3 is 12.4 Å². The molecule has 0 bridgehead atoms. The molecule has 0 radical (unpaired) electrons. The number of thiocarbonyl (C=S) groups is 1. The summed E-state index contributed by atoms with van der Waals surface area (Å²) in [6.07, 6.45) is -6.89. The molecule has 0 amide bonds. The van der Waals surface area contributed by atoms with Gasteiger partial charge in [0.1, 0.15) is 22.1 Å². The molecule has 224 valence electrons. The second kappa shape index (κ2) is 12.5. The highest BCUT2D eigenvalue weighted by Crippen LogP contribution is 2.39. The van der Waals surface area contributed by atoms with Crippen LogP contribution in [0.3, 0.4) is 0 Å². The Balaban J connectivity index is 1.21. The lowest BCUT2D eigenvalue weighted by atomic mass is 9.95. The number of rotatable bonds is 7. The van der Waals surface area contributed by atoms with Gasteiger partial charge in [-0.3, -0.25) is 10.1 Å². The quantitative estimate of drug-likeness (QED) is 0.148. The highest BCUT2D eigenvalue weighted by Gasteiger charge is 2.39. The van der Waals surface area contributed by atoms with Crippen LogP contribution < -0.4 is 9.64 Å². The van der Waals surface area contributed by atoms with Crippen molar-refractivity contribution in [1.29, 1.82) is 0 Å². The van der Waals surface area contributed by atoms with Gasteiger partial charge in [0.15, 0.2) is 0 Å². The first kappa shape index (κ1) is 31.0.